The van der Waals surface area contributed by atoms with E-state index in [0.29, 0.717) is 44.4 Å². The number of alkyl halides is 1. The lowest BCUT2D eigenvalue weighted by Gasteiger charge is -2.36. The zero-order valence-electron chi connectivity index (χ0n) is 17.7. The van der Waals surface area contributed by atoms with Crippen LogP contribution in [0.2, 0.25) is 0 Å². The van der Waals surface area contributed by atoms with Crippen LogP contribution < -0.4 is 10.1 Å². The smallest absolute Gasteiger partial charge is 0.410 e. The summed E-state index contributed by atoms with van der Waals surface area (Å²) in [6, 6.07) is 16.4. The highest BCUT2D eigenvalue weighted by atomic mass is 19.1. The van der Waals surface area contributed by atoms with E-state index < -0.39 is 5.67 Å². The summed E-state index contributed by atoms with van der Waals surface area (Å²) in [5.41, 5.74) is 2.30. The number of halogens is 1. The molecule has 31 heavy (non-hydrogen) atoms. The molecule has 2 aromatic rings. The summed E-state index contributed by atoms with van der Waals surface area (Å²) < 4.78 is 26.3. The van der Waals surface area contributed by atoms with Gasteiger partial charge in [0.25, 0.3) is 0 Å². The van der Waals surface area contributed by atoms with Gasteiger partial charge in [-0.05, 0) is 29.2 Å². The number of nitrogens with one attached hydrogen (secondary N) is 1. The Morgan fingerprint density at radius 1 is 1.19 bits per heavy atom. The minimum absolute atomic E-state index is 0.246. The van der Waals surface area contributed by atoms with E-state index in [2.05, 4.69) is 23.5 Å². The molecule has 6 heteroatoms. The molecule has 1 saturated heterocycles. The summed E-state index contributed by atoms with van der Waals surface area (Å²) in [6.07, 6.45) is 2.35. The Balaban J connectivity index is 1.05. The number of amides is 1. The first-order valence-electron chi connectivity index (χ1n) is 11.2. The first kappa shape index (κ1) is 20.3. The van der Waals surface area contributed by atoms with Gasteiger partial charge < -0.3 is 19.7 Å². The lowest BCUT2D eigenvalue weighted by Crippen LogP contribution is -2.49. The van der Waals surface area contributed by atoms with E-state index in [1.54, 1.807) is 4.90 Å². The molecular formula is C25H29FN2O3. The van der Waals surface area contributed by atoms with Gasteiger partial charge in [0.2, 0.25) is 0 Å². The van der Waals surface area contributed by atoms with Crippen LogP contribution in [0.15, 0.2) is 48.5 Å². The number of hydrogen-bond acceptors (Lipinski definition) is 4. The van der Waals surface area contributed by atoms with Crippen molar-refractivity contribution in [3.63, 3.8) is 0 Å². The molecule has 0 unspecified atom stereocenters. The SMILES string of the molecule is O=C(OCc1ccccc1)N1CCC(F)(CN[C@@H]2C[C@H]2c2ccc3c(c2)CCO3)CC1. The number of ether oxygens (including phenoxy) is 2. The number of piperidine rings is 1. The van der Waals surface area contributed by atoms with Crippen LogP contribution in [-0.2, 0) is 17.8 Å². The summed E-state index contributed by atoms with van der Waals surface area (Å²) in [7, 11) is 0. The predicted molar refractivity (Wildman–Crippen MR) is 116 cm³/mol. The van der Waals surface area contributed by atoms with Crippen LogP contribution in [0.1, 0.15) is 41.9 Å². The Kier molecular flexibility index (Phi) is 5.57. The van der Waals surface area contributed by atoms with Crippen LogP contribution in [0, 0.1) is 0 Å². The van der Waals surface area contributed by atoms with Gasteiger partial charge in [-0.3, -0.25) is 0 Å². The van der Waals surface area contributed by atoms with Crippen molar-refractivity contribution >= 4 is 6.09 Å². The number of likely N-dealkylation sites (tertiary alicyclic amines) is 1. The molecule has 2 heterocycles. The van der Waals surface area contributed by atoms with Crippen molar-refractivity contribution in [2.45, 2.75) is 49.9 Å². The molecule has 0 bridgehead atoms. The molecule has 164 valence electrons. The summed E-state index contributed by atoms with van der Waals surface area (Å²) in [5, 5.41) is 3.43. The maximum atomic E-state index is 15.3. The van der Waals surface area contributed by atoms with E-state index in [4.69, 9.17) is 9.47 Å². The first-order valence-corrected chi connectivity index (χ1v) is 11.2. The zero-order valence-corrected chi connectivity index (χ0v) is 17.7. The minimum Gasteiger partial charge on any atom is -0.493 e. The largest absolute Gasteiger partial charge is 0.493 e. The fraction of sp³-hybridized carbons (Fsp3) is 0.480. The number of hydrogen-bond donors (Lipinski definition) is 1. The van der Waals surface area contributed by atoms with Crippen molar-refractivity contribution in [2.75, 3.05) is 26.2 Å². The molecule has 1 aliphatic carbocycles. The monoisotopic (exact) mass is 424 g/mol. The second kappa shape index (κ2) is 8.50. The maximum absolute atomic E-state index is 15.3. The highest BCUT2D eigenvalue weighted by Crippen LogP contribution is 2.43. The van der Waals surface area contributed by atoms with E-state index in [1.165, 1.54) is 11.1 Å². The average Bonchev–Trinajstić information content (AvgIpc) is 3.43. The molecule has 0 aromatic heterocycles. The maximum Gasteiger partial charge on any atom is 0.410 e. The quantitative estimate of drug-likeness (QED) is 0.755. The van der Waals surface area contributed by atoms with E-state index in [-0.39, 0.29) is 12.7 Å². The average molecular weight is 425 g/mol. The standard InChI is InChI=1S/C25H29FN2O3/c26-25(9-11-28(12-10-25)24(29)31-16-18-4-2-1-3-5-18)17-27-22-15-21(22)19-6-7-23-20(14-19)8-13-30-23/h1-7,14,21-22,27H,8-13,15-17H2/t21-,22+/m0/s1. The Morgan fingerprint density at radius 2 is 2.00 bits per heavy atom. The van der Waals surface area contributed by atoms with Crippen molar-refractivity contribution in [1.82, 2.24) is 10.2 Å². The van der Waals surface area contributed by atoms with E-state index in [0.717, 1.165) is 30.8 Å². The Bertz CT molecular complexity index is 928. The summed E-state index contributed by atoms with van der Waals surface area (Å²) in [4.78, 5) is 13.9. The van der Waals surface area contributed by atoms with Crippen LogP contribution in [0.4, 0.5) is 9.18 Å². The van der Waals surface area contributed by atoms with Crippen molar-refractivity contribution in [3.05, 3.63) is 65.2 Å². The number of fused-ring (bicyclic) bond motifs is 1. The molecule has 1 amide bonds. The second-order valence-electron chi connectivity index (χ2n) is 8.97. The topological polar surface area (TPSA) is 50.8 Å². The Hall–Kier alpha value is -2.60. The van der Waals surface area contributed by atoms with Gasteiger partial charge in [-0.25, -0.2) is 9.18 Å². The number of nitrogens with zero attached hydrogens (tertiary/aromatic N) is 1. The van der Waals surface area contributed by atoms with Crippen LogP contribution in [0.5, 0.6) is 5.75 Å². The predicted octanol–water partition coefficient (Wildman–Crippen LogP) is 4.21. The van der Waals surface area contributed by atoms with Gasteiger partial charge in [-0.1, -0.05) is 42.5 Å². The van der Waals surface area contributed by atoms with Crippen LogP contribution in [0.25, 0.3) is 0 Å². The third-order valence-electron chi connectivity index (χ3n) is 6.74. The molecule has 2 fully saturated rings. The van der Waals surface area contributed by atoms with Gasteiger partial charge in [0.05, 0.1) is 6.61 Å². The van der Waals surface area contributed by atoms with Crippen molar-refractivity contribution in [3.8, 4) is 5.75 Å². The van der Waals surface area contributed by atoms with Gasteiger partial charge in [-0.15, -0.1) is 0 Å². The molecule has 3 aliphatic rings. The molecule has 0 radical (unpaired) electrons. The molecule has 2 aliphatic heterocycles. The van der Waals surface area contributed by atoms with Gasteiger partial charge in [0.1, 0.15) is 18.0 Å². The fourth-order valence-electron chi connectivity index (χ4n) is 4.62. The zero-order chi connectivity index (χ0) is 21.3. The van der Waals surface area contributed by atoms with E-state index in [9.17, 15) is 4.79 Å². The third-order valence-corrected chi connectivity index (χ3v) is 6.74. The normalized spacial score (nSPS) is 23.7. The third kappa shape index (κ3) is 4.69. The molecule has 0 spiro atoms. The highest BCUT2D eigenvalue weighted by molar-refractivity contribution is 5.67. The molecule has 5 rings (SSSR count). The number of carbonyl (C=O) groups excluding carboxylic acids is 1. The number of carbonyl (C=O) groups is 1. The molecule has 5 nitrogen and oxygen atoms in total. The van der Waals surface area contributed by atoms with E-state index >= 15 is 4.39 Å². The van der Waals surface area contributed by atoms with Crippen LogP contribution in [-0.4, -0.2) is 48.9 Å². The number of benzene rings is 2. The summed E-state index contributed by atoms with van der Waals surface area (Å²) in [6.45, 7) is 2.15. The van der Waals surface area contributed by atoms with Crippen molar-refractivity contribution < 1.29 is 18.7 Å². The molecular weight excluding hydrogens is 395 g/mol. The first-order chi connectivity index (χ1) is 15.1. The second-order valence-corrected chi connectivity index (χ2v) is 8.97. The van der Waals surface area contributed by atoms with Gasteiger partial charge in [0.15, 0.2) is 0 Å². The fourth-order valence-corrected chi connectivity index (χ4v) is 4.62. The summed E-state index contributed by atoms with van der Waals surface area (Å²) in [5.74, 6) is 1.47. The van der Waals surface area contributed by atoms with Gasteiger partial charge >= 0.3 is 6.09 Å². The van der Waals surface area contributed by atoms with Gasteiger partial charge in [0, 0.05) is 50.9 Å². The van der Waals surface area contributed by atoms with Crippen LogP contribution in [0.3, 0.4) is 0 Å². The molecule has 2 atom stereocenters. The number of rotatable bonds is 6. The molecule has 2 aromatic carbocycles. The lowest BCUT2D eigenvalue weighted by atomic mass is 9.93. The Labute approximate surface area is 182 Å². The minimum atomic E-state index is -1.27. The molecule has 1 saturated carbocycles. The Morgan fingerprint density at radius 3 is 2.81 bits per heavy atom. The lowest BCUT2D eigenvalue weighted by molar-refractivity contribution is 0.0408. The van der Waals surface area contributed by atoms with Crippen molar-refractivity contribution in [2.24, 2.45) is 0 Å². The highest BCUT2D eigenvalue weighted by Gasteiger charge is 2.42. The summed E-state index contributed by atoms with van der Waals surface area (Å²) >= 11 is 0. The van der Waals surface area contributed by atoms with E-state index in [1.807, 2.05) is 30.3 Å². The molecule has 1 N–H and O–H groups in total. The van der Waals surface area contributed by atoms with Gasteiger partial charge in [-0.2, -0.15) is 0 Å². The van der Waals surface area contributed by atoms with Crippen molar-refractivity contribution in [1.29, 1.82) is 0 Å². The van der Waals surface area contributed by atoms with Crippen LogP contribution >= 0.6 is 0 Å².